The average molecular weight is 303 g/mol. The Morgan fingerprint density at radius 3 is 2.74 bits per heavy atom. The van der Waals surface area contributed by atoms with Crippen molar-refractivity contribution in [2.24, 2.45) is 0 Å². The van der Waals surface area contributed by atoms with Gasteiger partial charge in [-0.25, -0.2) is 15.0 Å². The third-order valence-electron chi connectivity index (χ3n) is 3.11. The van der Waals surface area contributed by atoms with Gasteiger partial charge in [0.2, 0.25) is 0 Å². The zero-order chi connectivity index (χ0) is 13.6. The van der Waals surface area contributed by atoms with E-state index in [0.717, 1.165) is 0 Å². The molecule has 1 aliphatic rings. The molecule has 1 fully saturated rings. The van der Waals surface area contributed by atoms with E-state index >= 15 is 0 Å². The summed E-state index contributed by atoms with van der Waals surface area (Å²) in [5.41, 5.74) is 0.932. The molecule has 9 heteroatoms. The minimum atomic E-state index is -1.01. The SMILES string of the molecule is OC[C@H]1S[C@@H](n2cnc3c(Cl)ncnc32)[C@H](O)[C@@H]1O. The van der Waals surface area contributed by atoms with Crippen molar-refractivity contribution in [2.45, 2.75) is 22.8 Å². The van der Waals surface area contributed by atoms with Gasteiger partial charge in [-0.2, -0.15) is 0 Å². The van der Waals surface area contributed by atoms with Crippen LogP contribution in [0.1, 0.15) is 5.37 Å². The standard InChI is InChI=1S/C10H11ClN4O3S/c11-8-5-9(13-2-12-8)15(3-14-5)10-7(18)6(17)4(1-16)19-10/h2-4,6-7,10,16-18H,1H2/t4-,6-,7-,10-/m1/s1. The van der Waals surface area contributed by atoms with Crippen molar-refractivity contribution in [1.29, 1.82) is 0 Å². The maximum Gasteiger partial charge on any atom is 0.165 e. The normalized spacial score (nSPS) is 31.2. The third-order valence-corrected chi connectivity index (χ3v) is 4.94. The van der Waals surface area contributed by atoms with Gasteiger partial charge in [-0.05, 0) is 0 Å². The maximum absolute atomic E-state index is 10.1. The summed E-state index contributed by atoms with van der Waals surface area (Å²) in [6, 6.07) is 0. The molecule has 0 unspecified atom stereocenters. The summed E-state index contributed by atoms with van der Waals surface area (Å²) in [5, 5.41) is 28.4. The molecule has 1 aliphatic heterocycles. The number of fused-ring (bicyclic) bond motifs is 1. The van der Waals surface area contributed by atoms with E-state index in [2.05, 4.69) is 15.0 Å². The molecule has 102 valence electrons. The van der Waals surface area contributed by atoms with E-state index in [1.165, 1.54) is 24.4 Å². The van der Waals surface area contributed by atoms with Crippen LogP contribution >= 0.6 is 23.4 Å². The van der Waals surface area contributed by atoms with Crippen molar-refractivity contribution in [3.63, 3.8) is 0 Å². The van der Waals surface area contributed by atoms with E-state index in [9.17, 15) is 10.2 Å². The Morgan fingerprint density at radius 1 is 1.26 bits per heavy atom. The van der Waals surface area contributed by atoms with Gasteiger partial charge >= 0.3 is 0 Å². The van der Waals surface area contributed by atoms with Crippen molar-refractivity contribution >= 4 is 34.5 Å². The van der Waals surface area contributed by atoms with Gasteiger partial charge < -0.3 is 15.3 Å². The molecule has 0 amide bonds. The molecule has 0 radical (unpaired) electrons. The molecule has 0 aliphatic carbocycles. The summed E-state index contributed by atoms with van der Waals surface area (Å²) in [4.78, 5) is 12.0. The molecular formula is C10H11ClN4O3S. The lowest BCUT2D eigenvalue weighted by Crippen LogP contribution is -2.32. The first-order valence-corrected chi connectivity index (χ1v) is 6.91. The van der Waals surface area contributed by atoms with Gasteiger partial charge in [0.1, 0.15) is 23.3 Å². The smallest absolute Gasteiger partial charge is 0.165 e. The minimum Gasteiger partial charge on any atom is -0.395 e. The number of aliphatic hydroxyl groups is 3. The summed E-state index contributed by atoms with van der Waals surface area (Å²) in [6.45, 7) is -0.207. The van der Waals surface area contributed by atoms with Crippen LogP contribution in [0.3, 0.4) is 0 Å². The van der Waals surface area contributed by atoms with Gasteiger partial charge in [-0.15, -0.1) is 11.8 Å². The molecule has 3 N–H and O–H groups in total. The van der Waals surface area contributed by atoms with Gasteiger partial charge in [-0.1, -0.05) is 11.6 Å². The fourth-order valence-electron chi connectivity index (χ4n) is 2.12. The highest BCUT2D eigenvalue weighted by Crippen LogP contribution is 2.42. The predicted octanol–water partition coefficient (Wildman–Crippen LogP) is -0.192. The average Bonchev–Trinajstić information content (AvgIpc) is 2.94. The van der Waals surface area contributed by atoms with Crippen LogP contribution in [0, 0.1) is 0 Å². The number of thioether (sulfide) groups is 1. The van der Waals surface area contributed by atoms with Crippen molar-refractivity contribution in [1.82, 2.24) is 19.5 Å². The van der Waals surface area contributed by atoms with Gasteiger partial charge in [0.05, 0.1) is 24.3 Å². The van der Waals surface area contributed by atoms with Gasteiger partial charge in [0.25, 0.3) is 0 Å². The van der Waals surface area contributed by atoms with Crippen molar-refractivity contribution in [2.75, 3.05) is 6.61 Å². The molecule has 3 heterocycles. The topological polar surface area (TPSA) is 104 Å². The largest absolute Gasteiger partial charge is 0.395 e. The number of imidazole rings is 1. The fraction of sp³-hybridized carbons (Fsp3) is 0.500. The Kier molecular flexibility index (Phi) is 3.35. The van der Waals surface area contributed by atoms with Crippen molar-refractivity contribution in [3.8, 4) is 0 Å². The number of rotatable bonds is 2. The Bertz CT molecular complexity index is 609. The predicted molar refractivity (Wildman–Crippen MR) is 69.8 cm³/mol. The quantitative estimate of drug-likeness (QED) is 0.660. The Hall–Kier alpha value is -0.930. The van der Waals surface area contributed by atoms with Gasteiger partial charge in [0, 0.05) is 0 Å². The molecule has 3 rings (SSSR count). The number of hydrogen-bond donors (Lipinski definition) is 3. The van der Waals surface area contributed by atoms with Gasteiger partial charge in [0.15, 0.2) is 10.8 Å². The first kappa shape index (κ1) is 13.1. The van der Waals surface area contributed by atoms with E-state index in [4.69, 9.17) is 16.7 Å². The molecule has 7 nitrogen and oxygen atoms in total. The monoisotopic (exact) mass is 302 g/mol. The lowest BCUT2D eigenvalue weighted by atomic mass is 10.1. The van der Waals surface area contributed by atoms with E-state index in [1.807, 2.05) is 0 Å². The molecule has 1 saturated heterocycles. The molecular weight excluding hydrogens is 292 g/mol. The second-order valence-corrected chi connectivity index (χ2v) is 5.94. The highest BCUT2D eigenvalue weighted by molar-refractivity contribution is 8.00. The summed E-state index contributed by atoms with van der Waals surface area (Å²) in [5.74, 6) is 0. The first-order chi connectivity index (χ1) is 9.13. The van der Waals surface area contributed by atoms with Crippen LogP contribution in [0.5, 0.6) is 0 Å². The van der Waals surface area contributed by atoms with E-state index in [1.54, 1.807) is 4.57 Å². The third kappa shape index (κ3) is 2.00. The first-order valence-electron chi connectivity index (χ1n) is 5.59. The van der Waals surface area contributed by atoms with Crippen LogP contribution in [0.2, 0.25) is 5.15 Å². The molecule has 0 spiro atoms. The van der Waals surface area contributed by atoms with Crippen LogP contribution in [0.15, 0.2) is 12.7 Å². The zero-order valence-electron chi connectivity index (χ0n) is 9.59. The molecule has 4 atom stereocenters. The molecule has 19 heavy (non-hydrogen) atoms. The number of nitrogens with zero attached hydrogens (tertiary/aromatic N) is 4. The number of aliphatic hydroxyl groups excluding tert-OH is 3. The summed E-state index contributed by atoms with van der Waals surface area (Å²) in [6.07, 6.45) is 0.816. The number of aromatic nitrogens is 4. The van der Waals surface area contributed by atoms with E-state index in [0.29, 0.717) is 11.2 Å². The number of halogens is 1. The van der Waals surface area contributed by atoms with Crippen molar-refractivity contribution in [3.05, 3.63) is 17.8 Å². The van der Waals surface area contributed by atoms with Crippen LogP contribution in [0.4, 0.5) is 0 Å². The summed E-state index contributed by atoms with van der Waals surface area (Å²) in [7, 11) is 0. The minimum absolute atomic E-state index is 0.207. The van der Waals surface area contributed by atoms with Crippen LogP contribution < -0.4 is 0 Å². The highest BCUT2D eigenvalue weighted by atomic mass is 35.5. The fourth-order valence-corrected chi connectivity index (χ4v) is 3.67. The van der Waals surface area contributed by atoms with Crippen LogP contribution in [-0.2, 0) is 0 Å². The van der Waals surface area contributed by atoms with Gasteiger partial charge in [-0.3, -0.25) is 4.57 Å². The Labute approximate surface area is 117 Å². The Balaban J connectivity index is 2.04. The van der Waals surface area contributed by atoms with E-state index in [-0.39, 0.29) is 11.8 Å². The maximum atomic E-state index is 10.1. The Morgan fingerprint density at radius 2 is 2.05 bits per heavy atom. The molecule has 0 bridgehead atoms. The lowest BCUT2D eigenvalue weighted by Gasteiger charge is -2.16. The second-order valence-electron chi connectivity index (χ2n) is 4.22. The molecule has 0 aromatic carbocycles. The second kappa shape index (κ2) is 4.88. The summed E-state index contributed by atoms with van der Waals surface area (Å²) >= 11 is 7.19. The van der Waals surface area contributed by atoms with Crippen LogP contribution in [-0.4, -0.2) is 58.9 Å². The van der Waals surface area contributed by atoms with E-state index < -0.39 is 22.8 Å². The lowest BCUT2D eigenvalue weighted by molar-refractivity contribution is 0.0113. The molecule has 0 saturated carbocycles. The molecule has 2 aromatic heterocycles. The van der Waals surface area contributed by atoms with Crippen molar-refractivity contribution < 1.29 is 15.3 Å². The van der Waals surface area contributed by atoms with Crippen LogP contribution in [0.25, 0.3) is 11.2 Å². The number of hydrogen-bond acceptors (Lipinski definition) is 7. The molecule has 2 aromatic rings. The zero-order valence-corrected chi connectivity index (χ0v) is 11.2. The highest BCUT2D eigenvalue weighted by Gasteiger charge is 2.43. The summed E-state index contributed by atoms with van der Waals surface area (Å²) < 4.78 is 1.64.